The first-order chi connectivity index (χ1) is 11.8. The van der Waals surface area contributed by atoms with Crippen molar-refractivity contribution >= 4 is 40.3 Å². The lowest BCUT2D eigenvalue weighted by molar-refractivity contribution is -0.393. The summed E-state index contributed by atoms with van der Waals surface area (Å²) in [6.07, 6.45) is 0. The SMILES string of the molecule is CN(CC(=O)Nc1ccc(Cl)cc1)c1ccc([N+](=O)[O-])cc1[N+](=O)[O-]. The van der Waals surface area contributed by atoms with Gasteiger partial charge in [0.15, 0.2) is 0 Å². The van der Waals surface area contributed by atoms with E-state index >= 15 is 0 Å². The van der Waals surface area contributed by atoms with E-state index in [2.05, 4.69) is 5.32 Å². The first-order valence-corrected chi connectivity index (χ1v) is 7.35. The molecule has 0 aliphatic rings. The molecule has 10 heteroatoms. The van der Waals surface area contributed by atoms with Gasteiger partial charge in [-0.1, -0.05) is 11.6 Å². The molecule has 9 nitrogen and oxygen atoms in total. The number of carbonyl (C=O) groups is 1. The zero-order valence-corrected chi connectivity index (χ0v) is 13.8. The second-order valence-electron chi connectivity index (χ2n) is 5.10. The Hall–Kier alpha value is -3.20. The number of hydrogen-bond acceptors (Lipinski definition) is 6. The third-order valence-electron chi connectivity index (χ3n) is 3.29. The average Bonchev–Trinajstić information content (AvgIpc) is 2.56. The highest BCUT2D eigenvalue weighted by molar-refractivity contribution is 6.30. The lowest BCUT2D eigenvalue weighted by Crippen LogP contribution is -2.30. The van der Waals surface area contributed by atoms with Crippen LogP contribution in [0.25, 0.3) is 0 Å². The Morgan fingerprint density at radius 1 is 1.12 bits per heavy atom. The van der Waals surface area contributed by atoms with Crippen LogP contribution < -0.4 is 10.2 Å². The zero-order valence-electron chi connectivity index (χ0n) is 13.0. The molecule has 2 aromatic rings. The minimum Gasteiger partial charge on any atom is -0.360 e. The molecular formula is C15H13ClN4O5. The second-order valence-corrected chi connectivity index (χ2v) is 5.53. The normalized spacial score (nSPS) is 10.2. The van der Waals surface area contributed by atoms with E-state index in [4.69, 9.17) is 11.6 Å². The van der Waals surface area contributed by atoms with Crippen LogP contribution in [-0.2, 0) is 4.79 Å². The molecule has 0 saturated heterocycles. The molecule has 0 unspecified atom stereocenters. The largest absolute Gasteiger partial charge is 0.360 e. The standard InChI is InChI=1S/C15H13ClN4O5/c1-18(9-15(21)17-11-4-2-10(16)3-5-11)13-7-6-12(19(22)23)8-14(13)20(24)25/h2-8H,9H2,1H3,(H,17,21). The molecule has 0 atom stereocenters. The molecule has 0 fully saturated rings. The van der Waals surface area contributed by atoms with Crippen molar-refractivity contribution < 1.29 is 14.6 Å². The molecule has 0 bridgehead atoms. The van der Waals surface area contributed by atoms with Gasteiger partial charge in [0.05, 0.1) is 22.5 Å². The van der Waals surface area contributed by atoms with Crippen LogP contribution >= 0.6 is 11.6 Å². The van der Waals surface area contributed by atoms with Gasteiger partial charge in [-0.2, -0.15) is 0 Å². The maximum Gasteiger partial charge on any atom is 0.299 e. The summed E-state index contributed by atoms with van der Waals surface area (Å²) in [6, 6.07) is 9.72. The number of carbonyl (C=O) groups excluding carboxylic acids is 1. The number of rotatable bonds is 6. The lowest BCUT2D eigenvalue weighted by atomic mass is 10.2. The molecule has 1 amide bonds. The van der Waals surface area contributed by atoms with E-state index in [9.17, 15) is 25.0 Å². The third-order valence-corrected chi connectivity index (χ3v) is 3.54. The van der Waals surface area contributed by atoms with E-state index in [1.165, 1.54) is 18.0 Å². The number of nitro benzene ring substituents is 2. The van der Waals surface area contributed by atoms with Gasteiger partial charge < -0.3 is 10.2 Å². The van der Waals surface area contributed by atoms with Gasteiger partial charge in [0, 0.05) is 23.8 Å². The first-order valence-electron chi connectivity index (χ1n) is 6.97. The fourth-order valence-electron chi connectivity index (χ4n) is 2.13. The Morgan fingerprint density at radius 2 is 1.76 bits per heavy atom. The smallest absolute Gasteiger partial charge is 0.299 e. The van der Waals surface area contributed by atoms with Crippen LogP contribution in [0.5, 0.6) is 0 Å². The number of halogens is 1. The van der Waals surface area contributed by atoms with E-state index in [0.717, 1.165) is 12.1 Å². The summed E-state index contributed by atoms with van der Waals surface area (Å²) >= 11 is 5.76. The molecule has 130 valence electrons. The Kier molecular flexibility index (Phi) is 5.50. The number of likely N-dealkylation sites (N-methyl/N-ethyl adjacent to an activating group) is 1. The van der Waals surface area contributed by atoms with Gasteiger partial charge in [-0.05, 0) is 30.3 Å². The number of anilines is 2. The Labute approximate surface area is 147 Å². The van der Waals surface area contributed by atoms with Crippen molar-refractivity contribution in [2.45, 2.75) is 0 Å². The molecule has 0 aliphatic carbocycles. The summed E-state index contributed by atoms with van der Waals surface area (Å²) in [5.74, 6) is -0.405. The summed E-state index contributed by atoms with van der Waals surface area (Å²) in [5.41, 5.74) is -0.215. The topological polar surface area (TPSA) is 119 Å². The van der Waals surface area contributed by atoms with E-state index in [1.807, 2.05) is 0 Å². The molecule has 0 aliphatic heterocycles. The Balaban J connectivity index is 2.15. The third kappa shape index (κ3) is 4.64. The molecule has 0 spiro atoms. The molecular weight excluding hydrogens is 352 g/mol. The van der Waals surface area contributed by atoms with Crippen molar-refractivity contribution in [3.05, 3.63) is 67.7 Å². The van der Waals surface area contributed by atoms with E-state index in [0.29, 0.717) is 10.7 Å². The van der Waals surface area contributed by atoms with Gasteiger partial charge in [-0.15, -0.1) is 0 Å². The molecule has 2 rings (SSSR count). The van der Waals surface area contributed by atoms with Crippen LogP contribution in [0.3, 0.4) is 0 Å². The van der Waals surface area contributed by atoms with E-state index in [-0.39, 0.29) is 12.2 Å². The molecule has 2 aromatic carbocycles. The lowest BCUT2D eigenvalue weighted by Gasteiger charge is -2.18. The molecule has 0 heterocycles. The van der Waals surface area contributed by atoms with Gasteiger partial charge >= 0.3 is 0 Å². The minimum absolute atomic E-state index is 0.0989. The number of benzene rings is 2. The second kappa shape index (κ2) is 7.58. The van der Waals surface area contributed by atoms with E-state index < -0.39 is 27.1 Å². The number of nitrogens with zero attached hydrogens (tertiary/aromatic N) is 3. The van der Waals surface area contributed by atoms with Gasteiger partial charge in [0.2, 0.25) is 5.91 Å². The molecule has 0 saturated carbocycles. The van der Waals surface area contributed by atoms with Crippen LogP contribution in [0.1, 0.15) is 0 Å². The van der Waals surface area contributed by atoms with Crippen LogP contribution in [0, 0.1) is 20.2 Å². The monoisotopic (exact) mass is 364 g/mol. The predicted octanol–water partition coefficient (Wildman–Crippen LogP) is 3.23. The quantitative estimate of drug-likeness (QED) is 0.620. The molecule has 1 N–H and O–H groups in total. The van der Waals surface area contributed by atoms with Gasteiger partial charge in [0.25, 0.3) is 11.4 Å². The van der Waals surface area contributed by atoms with Crippen LogP contribution in [0.2, 0.25) is 5.02 Å². The highest BCUT2D eigenvalue weighted by Gasteiger charge is 2.22. The average molecular weight is 365 g/mol. The maximum absolute atomic E-state index is 12.1. The number of nitrogens with one attached hydrogen (secondary N) is 1. The van der Waals surface area contributed by atoms with Gasteiger partial charge in [0.1, 0.15) is 5.69 Å². The number of nitro groups is 2. The highest BCUT2D eigenvalue weighted by Crippen LogP contribution is 2.31. The number of non-ortho nitro benzene ring substituents is 1. The van der Waals surface area contributed by atoms with Crippen molar-refractivity contribution in [1.29, 1.82) is 0 Å². The van der Waals surface area contributed by atoms with Crippen molar-refractivity contribution in [2.24, 2.45) is 0 Å². The van der Waals surface area contributed by atoms with Crippen molar-refractivity contribution in [2.75, 3.05) is 23.8 Å². The van der Waals surface area contributed by atoms with Crippen LogP contribution in [0.15, 0.2) is 42.5 Å². The Morgan fingerprint density at radius 3 is 2.32 bits per heavy atom. The number of hydrogen-bond donors (Lipinski definition) is 1. The zero-order chi connectivity index (χ0) is 18.6. The summed E-state index contributed by atoms with van der Waals surface area (Å²) in [5, 5.41) is 25.1. The molecule has 0 aromatic heterocycles. The molecule has 25 heavy (non-hydrogen) atoms. The summed E-state index contributed by atoms with van der Waals surface area (Å²) in [7, 11) is 1.48. The summed E-state index contributed by atoms with van der Waals surface area (Å²) in [4.78, 5) is 33.9. The molecule has 0 radical (unpaired) electrons. The summed E-state index contributed by atoms with van der Waals surface area (Å²) < 4.78 is 0. The van der Waals surface area contributed by atoms with E-state index in [1.54, 1.807) is 24.3 Å². The summed E-state index contributed by atoms with van der Waals surface area (Å²) in [6.45, 7) is -0.179. The number of amides is 1. The van der Waals surface area contributed by atoms with Gasteiger partial charge in [-0.3, -0.25) is 25.0 Å². The van der Waals surface area contributed by atoms with Crippen molar-refractivity contribution in [3.63, 3.8) is 0 Å². The van der Waals surface area contributed by atoms with Crippen LogP contribution in [0.4, 0.5) is 22.7 Å². The van der Waals surface area contributed by atoms with Gasteiger partial charge in [-0.25, -0.2) is 0 Å². The maximum atomic E-state index is 12.1. The first kappa shape index (κ1) is 18.1. The van der Waals surface area contributed by atoms with Crippen LogP contribution in [-0.4, -0.2) is 29.3 Å². The Bertz CT molecular complexity index is 825. The fourth-order valence-corrected chi connectivity index (χ4v) is 2.25. The predicted molar refractivity (Wildman–Crippen MR) is 93.1 cm³/mol. The highest BCUT2D eigenvalue weighted by atomic mass is 35.5. The van der Waals surface area contributed by atoms with Crippen molar-refractivity contribution in [1.82, 2.24) is 0 Å². The fraction of sp³-hybridized carbons (Fsp3) is 0.133. The van der Waals surface area contributed by atoms with Crippen molar-refractivity contribution in [3.8, 4) is 0 Å². The minimum atomic E-state index is -0.726.